The molecule has 0 aliphatic heterocycles. The summed E-state index contributed by atoms with van der Waals surface area (Å²) in [4.78, 5) is 15.5. The molecule has 0 radical (unpaired) electrons. The van der Waals surface area contributed by atoms with Crippen LogP contribution in [0, 0.1) is 12.8 Å². The molecular formula is C15H18N2O2. The molecule has 1 aromatic carbocycles. The zero-order chi connectivity index (χ0) is 14.0. The van der Waals surface area contributed by atoms with E-state index < -0.39 is 11.9 Å². The van der Waals surface area contributed by atoms with E-state index in [-0.39, 0.29) is 6.04 Å². The highest BCUT2D eigenvalue weighted by Crippen LogP contribution is 2.24. The second kappa shape index (κ2) is 5.26. The molecule has 2 atom stereocenters. The fourth-order valence-corrected chi connectivity index (χ4v) is 2.01. The molecule has 4 heteroatoms. The number of carboxylic acids is 1. The minimum absolute atomic E-state index is 0.150. The van der Waals surface area contributed by atoms with Gasteiger partial charge in [0.15, 0.2) is 0 Å². The van der Waals surface area contributed by atoms with Crippen LogP contribution in [0.4, 0.5) is 5.69 Å². The summed E-state index contributed by atoms with van der Waals surface area (Å²) < 4.78 is 0. The van der Waals surface area contributed by atoms with Crippen LogP contribution < -0.4 is 5.32 Å². The van der Waals surface area contributed by atoms with Crippen molar-refractivity contribution < 1.29 is 9.90 Å². The minimum atomic E-state index is -0.796. The van der Waals surface area contributed by atoms with Gasteiger partial charge in [-0.15, -0.1) is 0 Å². The van der Waals surface area contributed by atoms with Gasteiger partial charge in [-0.05, 0) is 32.9 Å². The van der Waals surface area contributed by atoms with Crippen LogP contribution in [0.25, 0.3) is 10.9 Å². The predicted molar refractivity (Wildman–Crippen MR) is 76.4 cm³/mol. The first-order valence-electron chi connectivity index (χ1n) is 6.35. The molecule has 0 bridgehead atoms. The van der Waals surface area contributed by atoms with E-state index in [4.69, 9.17) is 5.11 Å². The molecule has 19 heavy (non-hydrogen) atoms. The fourth-order valence-electron chi connectivity index (χ4n) is 2.01. The van der Waals surface area contributed by atoms with Crippen molar-refractivity contribution in [2.45, 2.75) is 26.8 Å². The minimum Gasteiger partial charge on any atom is -0.481 e. The highest BCUT2D eigenvalue weighted by atomic mass is 16.4. The molecule has 2 N–H and O–H groups in total. The molecule has 0 fully saturated rings. The van der Waals surface area contributed by atoms with Gasteiger partial charge in [0.05, 0.1) is 11.4 Å². The smallest absolute Gasteiger partial charge is 0.308 e. The van der Waals surface area contributed by atoms with Crippen LogP contribution in [-0.4, -0.2) is 22.1 Å². The quantitative estimate of drug-likeness (QED) is 0.884. The number of benzene rings is 1. The Morgan fingerprint density at radius 3 is 2.68 bits per heavy atom. The van der Waals surface area contributed by atoms with Gasteiger partial charge >= 0.3 is 5.97 Å². The number of aryl methyl sites for hydroxylation is 1. The lowest BCUT2D eigenvalue weighted by Crippen LogP contribution is -2.29. The van der Waals surface area contributed by atoms with Crippen LogP contribution in [0.15, 0.2) is 30.3 Å². The molecule has 0 amide bonds. The number of para-hydroxylation sites is 1. The van der Waals surface area contributed by atoms with E-state index in [0.717, 1.165) is 22.3 Å². The van der Waals surface area contributed by atoms with Gasteiger partial charge in [0.1, 0.15) is 0 Å². The lowest BCUT2D eigenvalue weighted by atomic mass is 10.0. The number of anilines is 1. The molecule has 0 aliphatic rings. The van der Waals surface area contributed by atoms with Crippen LogP contribution in [0.2, 0.25) is 0 Å². The monoisotopic (exact) mass is 258 g/mol. The molecule has 100 valence electrons. The van der Waals surface area contributed by atoms with Crippen molar-refractivity contribution in [1.82, 2.24) is 4.98 Å². The summed E-state index contributed by atoms with van der Waals surface area (Å²) in [5.74, 6) is -1.25. The molecular weight excluding hydrogens is 240 g/mol. The van der Waals surface area contributed by atoms with Gasteiger partial charge in [0.2, 0.25) is 0 Å². The number of nitrogens with zero attached hydrogens (tertiary/aromatic N) is 1. The van der Waals surface area contributed by atoms with E-state index in [1.807, 2.05) is 44.2 Å². The molecule has 0 saturated heterocycles. The van der Waals surface area contributed by atoms with Crippen molar-refractivity contribution in [3.8, 4) is 0 Å². The lowest BCUT2D eigenvalue weighted by Gasteiger charge is -2.20. The first-order chi connectivity index (χ1) is 8.99. The van der Waals surface area contributed by atoms with Crippen LogP contribution in [0.3, 0.4) is 0 Å². The number of nitrogens with one attached hydrogen (secondary N) is 1. The number of hydrogen-bond donors (Lipinski definition) is 2. The van der Waals surface area contributed by atoms with Crippen molar-refractivity contribution in [1.29, 1.82) is 0 Å². The van der Waals surface area contributed by atoms with Gasteiger partial charge in [-0.3, -0.25) is 9.78 Å². The Morgan fingerprint density at radius 2 is 2.00 bits per heavy atom. The van der Waals surface area contributed by atoms with Crippen molar-refractivity contribution in [3.63, 3.8) is 0 Å². The topological polar surface area (TPSA) is 62.2 Å². The van der Waals surface area contributed by atoms with Crippen LogP contribution in [0.5, 0.6) is 0 Å². The third-order valence-electron chi connectivity index (χ3n) is 3.37. The van der Waals surface area contributed by atoms with Gasteiger partial charge in [-0.25, -0.2) is 0 Å². The van der Waals surface area contributed by atoms with Gasteiger partial charge in [-0.1, -0.05) is 18.2 Å². The number of fused-ring (bicyclic) bond motifs is 1. The Bertz CT molecular complexity index is 610. The maximum atomic E-state index is 11.0. The van der Waals surface area contributed by atoms with E-state index in [1.54, 1.807) is 6.92 Å². The standard InChI is InChI=1S/C15H18N2O2/c1-9-8-14(17-11(3)10(2)15(18)19)12-6-4-5-7-13(12)16-9/h4-8,10-11H,1-3H3,(H,16,17)(H,18,19). The summed E-state index contributed by atoms with van der Waals surface area (Å²) in [5, 5.41) is 13.3. The fraction of sp³-hybridized carbons (Fsp3) is 0.333. The second-order valence-electron chi connectivity index (χ2n) is 4.89. The Morgan fingerprint density at radius 1 is 1.32 bits per heavy atom. The first-order valence-corrected chi connectivity index (χ1v) is 6.35. The number of aliphatic carboxylic acids is 1. The SMILES string of the molecule is Cc1cc(NC(C)C(C)C(=O)O)c2ccccc2n1. The Kier molecular flexibility index (Phi) is 3.69. The number of pyridine rings is 1. The van der Waals surface area contributed by atoms with Crippen molar-refractivity contribution >= 4 is 22.6 Å². The Balaban J connectivity index is 2.37. The maximum Gasteiger partial charge on any atom is 0.308 e. The Labute approximate surface area is 112 Å². The summed E-state index contributed by atoms with van der Waals surface area (Å²) in [6.07, 6.45) is 0. The largest absolute Gasteiger partial charge is 0.481 e. The maximum absolute atomic E-state index is 11.0. The lowest BCUT2D eigenvalue weighted by molar-refractivity contribution is -0.141. The highest BCUT2D eigenvalue weighted by molar-refractivity contribution is 5.91. The molecule has 2 unspecified atom stereocenters. The molecule has 0 aliphatic carbocycles. The van der Waals surface area contributed by atoms with E-state index in [2.05, 4.69) is 10.3 Å². The Hall–Kier alpha value is -2.10. The second-order valence-corrected chi connectivity index (χ2v) is 4.89. The normalized spacial score (nSPS) is 14.1. The van der Waals surface area contributed by atoms with E-state index in [0.29, 0.717) is 0 Å². The van der Waals surface area contributed by atoms with Gasteiger partial charge in [0, 0.05) is 22.8 Å². The van der Waals surface area contributed by atoms with Crippen LogP contribution >= 0.6 is 0 Å². The number of carbonyl (C=O) groups is 1. The van der Waals surface area contributed by atoms with Crippen molar-refractivity contribution in [2.75, 3.05) is 5.32 Å². The van der Waals surface area contributed by atoms with Crippen LogP contribution in [0.1, 0.15) is 19.5 Å². The summed E-state index contributed by atoms with van der Waals surface area (Å²) >= 11 is 0. The number of carboxylic acid groups (broad SMARTS) is 1. The highest BCUT2D eigenvalue weighted by Gasteiger charge is 2.19. The molecule has 0 spiro atoms. The average Bonchev–Trinajstić information content (AvgIpc) is 2.37. The van der Waals surface area contributed by atoms with Gasteiger partial charge < -0.3 is 10.4 Å². The zero-order valence-electron chi connectivity index (χ0n) is 11.3. The van der Waals surface area contributed by atoms with E-state index >= 15 is 0 Å². The molecule has 4 nitrogen and oxygen atoms in total. The summed E-state index contributed by atoms with van der Waals surface area (Å²) in [6, 6.07) is 9.65. The summed E-state index contributed by atoms with van der Waals surface area (Å²) in [5.41, 5.74) is 2.76. The number of rotatable bonds is 4. The van der Waals surface area contributed by atoms with Crippen LogP contribution in [-0.2, 0) is 4.79 Å². The van der Waals surface area contributed by atoms with E-state index in [9.17, 15) is 4.79 Å². The molecule has 2 rings (SSSR count). The zero-order valence-corrected chi connectivity index (χ0v) is 11.3. The third kappa shape index (κ3) is 2.84. The molecule has 1 aromatic heterocycles. The summed E-state index contributed by atoms with van der Waals surface area (Å²) in [6.45, 7) is 5.52. The molecule has 2 aromatic rings. The first kappa shape index (κ1) is 13.3. The molecule has 0 saturated carbocycles. The summed E-state index contributed by atoms with van der Waals surface area (Å²) in [7, 11) is 0. The average molecular weight is 258 g/mol. The van der Waals surface area contributed by atoms with Crippen molar-refractivity contribution in [3.05, 3.63) is 36.0 Å². The van der Waals surface area contributed by atoms with E-state index in [1.165, 1.54) is 0 Å². The predicted octanol–water partition coefficient (Wildman–Crippen LogP) is 3.06. The van der Waals surface area contributed by atoms with Gasteiger partial charge in [0.25, 0.3) is 0 Å². The number of aromatic nitrogens is 1. The molecule has 1 heterocycles. The van der Waals surface area contributed by atoms with Gasteiger partial charge in [-0.2, -0.15) is 0 Å². The third-order valence-corrected chi connectivity index (χ3v) is 3.37. The number of hydrogen-bond acceptors (Lipinski definition) is 3. The van der Waals surface area contributed by atoms with Crippen molar-refractivity contribution in [2.24, 2.45) is 5.92 Å².